The molecule has 1 aliphatic rings. The maximum absolute atomic E-state index is 12.2. The molecule has 0 spiro atoms. The molecule has 2 rings (SSSR count). The molecule has 1 aliphatic heterocycles. The van der Waals surface area contributed by atoms with Crippen molar-refractivity contribution in [1.82, 2.24) is 14.5 Å². The van der Waals surface area contributed by atoms with Crippen LogP contribution < -0.4 is 0 Å². The number of amides is 1. The number of fused-ring (bicyclic) bond motifs is 1. The number of rotatable bonds is 2. The van der Waals surface area contributed by atoms with E-state index in [0.29, 0.717) is 0 Å². The first-order valence-electron chi connectivity index (χ1n) is 5.93. The van der Waals surface area contributed by atoms with Gasteiger partial charge in [0.15, 0.2) is 0 Å². The van der Waals surface area contributed by atoms with Crippen molar-refractivity contribution in [1.29, 1.82) is 0 Å². The SMILES string of the molecule is CC(C)N(C)C(=O)c1cnc2n1CCCC2. The van der Waals surface area contributed by atoms with Gasteiger partial charge in [0.1, 0.15) is 11.5 Å². The van der Waals surface area contributed by atoms with Gasteiger partial charge in [0.05, 0.1) is 6.20 Å². The third-order valence-electron chi connectivity index (χ3n) is 3.28. The molecule has 16 heavy (non-hydrogen) atoms. The summed E-state index contributed by atoms with van der Waals surface area (Å²) in [6, 6.07) is 0.224. The Bertz CT molecular complexity index is 395. The van der Waals surface area contributed by atoms with Crippen molar-refractivity contribution in [3.05, 3.63) is 17.7 Å². The van der Waals surface area contributed by atoms with Gasteiger partial charge in [-0.05, 0) is 26.7 Å². The molecule has 0 unspecified atom stereocenters. The van der Waals surface area contributed by atoms with Gasteiger partial charge in [-0.15, -0.1) is 0 Å². The Kier molecular flexibility index (Phi) is 2.99. The van der Waals surface area contributed by atoms with Gasteiger partial charge in [-0.2, -0.15) is 0 Å². The molecular formula is C12H19N3O. The molecule has 1 aromatic heterocycles. The van der Waals surface area contributed by atoms with Crippen molar-refractivity contribution in [3.8, 4) is 0 Å². The number of carbonyl (C=O) groups excluding carboxylic acids is 1. The average molecular weight is 221 g/mol. The third-order valence-corrected chi connectivity index (χ3v) is 3.28. The van der Waals surface area contributed by atoms with Gasteiger partial charge >= 0.3 is 0 Å². The maximum atomic E-state index is 12.2. The van der Waals surface area contributed by atoms with Crippen LogP contribution in [0.25, 0.3) is 0 Å². The van der Waals surface area contributed by atoms with Crippen molar-refractivity contribution in [2.75, 3.05) is 7.05 Å². The van der Waals surface area contributed by atoms with Gasteiger partial charge in [0.2, 0.25) is 0 Å². The van der Waals surface area contributed by atoms with Crippen LogP contribution in [-0.4, -0.2) is 33.4 Å². The molecule has 1 amide bonds. The van der Waals surface area contributed by atoms with E-state index in [1.165, 1.54) is 6.42 Å². The molecule has 0 saturated heterocycles. The van der Waals surface area contributed by atoms with E-state index in [2.05, 4.69) is 9.55 Å². The summed E-state index contributed by atoms with van der Waals surface area (Å²) < 4.78 is 2.07. The smallest absolute Gasteiger partial charge is 0.272 e. The van der Waals surface area contributed by atoms with Crippen molar-refractivity contribution >= 4 is 5.91 Å². The van der Waals surface area contributed by atoms with Crippen molar-refractivity contribution in [2.24, 2.45) is 0 Å². The van der Waals surface area contributed by atoms with Gasteiger partial charge in [-0.1, -0.05) is 0 Å². The van der Waals surface area contributed by atoms with Crippen LogP contribution in [0.15, 0.2) is 6.20 Å². The second kappa shape index (κ2) is 4.28. The van der Waals surface area contributed by atoms with Crippen LogP contribution >= 0.6 is 0 Å². The molecule has 1 aromatic rings. The molecule has 0 fully saturated rings. The predicted octanol–water partition coefficient (Wildman–Crippen LogP) is 1.70. The first-order valence-corrected chi connectivity index (χ1v) is 5.93. The molecule has 2 heterocycles. The maximum Gasteiger partial charge on any atom is 0.272 e. The lowest BCUT2D eigenvalue weighted by Gasteiger charge is -2.23. The fourth-order valence-electron chi connectivity index (χ4n) is 2.00. The highest BCUT2D eigenvalue weighted by molar-refractivity contribution is 5.92. The summed E-state index contributed by atoms with van der Waals surface area (Å²) in [4.78, 5) is 18.3. The number of aryl methyl sites for hydroxylation is 1. The van der Waals surface area contributed by atoms with Crippen LogP contribution in [0.3, 0.4) is 0 Å². The molecular weight excluding hydrogens is 202 g/mol. The highest BCUT2D eigenvalue weighted by atomic mass is 16.2. The zero-order valence-electron chi connectivity index (χ0n) is 10.2. The predicted molar refractivity (Wildman–Crippen MR) is 62.4 cm³/mol. The summed E-state index contributed by atoms with van der Waals surface area (Å²) in [5, 5.41) is 0. The Morgan fingerprint density at radius 3 is 2.94 bits per heavy atom. The van der Waals surface area contributed by atoms with Crippen LogP contribution in [0, 0.1) is 0 Å². The highest BCUT2D eigenvalue weighted by Gasteiger charge is 2.22. The molecule has 4 heteroatoms. The Labute approximate surface area is 96.3 Å². The average Bonchev–Trinajstić information content (AvgIpc) is 2.70. The van der Waals surface area contributed by atoms with Crippen LogP contribution in [0.2, 0.25) is 0 Å². The van der Waals surface area contributed by atoms with Gasteiger partial charge in [-0.25, -0.2) is 4.98 Å². The lowest BCUT2D eigenvalue weighted by Crippen LogP contribution is -2.34. The minimum absolute atomic E-state index is 0.0793. The first kappa shape index (κ1) is 11.2. The van der Waals surface area contributed by atoms with Crippen LogP contribution in [0.4, 0.5) is 0 Å². The monoisotopic (exact) mass is 221 g/mol. The molecule has 0 aromatic carbocycles. The van der Waals surface area contributed by atoms with Gasteiger partial charge in [0.25, 0.3) is 5.91 Å². The molecule has 88 valence electrons. The molecule has 0 aliphatic carbocycles. The Morgan fingerprint density at radius 2 is 2.25 bits per heavy atom. The van der Waals surface area contributed by atoms with E-state index >= 15 is 0 Å². The zero-order valence-corrected chi connectivity index (χ0v) is 10.2. The largest absolute Gasteiger partial charge is 0.338 e. The normalized spacial score (nSPS) is 15.0. The van der Waals surface area contributed by atoms with Crippen LogP contribution in [0.5, 0.6) is 0 Å². The van der Waals surface area contributed by atoms with E-state index in [4.69, 9.17) is 0 Å². The van der Waals surface area contributed by atoms with Gasteiger partial charge < -0.3 is 9.47 Å². The number of nitrogens with zero attached hydrogens (tertiary/aromatic N) is 3. The second-order valence-electron chi connectivity index (χ2n) is 4.68. The fourth-order valence-corrected chi connectivity index (χ4v) is 2.00. The van der Waals surface area contributed by atoms with Crippen LogP contribution in [0.1, 0.15) is 43.0 Å². The van der Waals surface area contributed by atoms with E-state index < -0.39 is 0 Å². The lowest BCUT2D eigenvalue weighted by atomic mass is 10.1. The van der Waals surface area contributed by atoms with E-state index in [0.717, 1.165) is 30.9 Å². The molecule has 4 nitrogen and oxygen atoms in total. The van der Waals surface area contributed by atoms with E-state index in [-0.39, 0.29) is 11.9 Å². The summed E-state index contributed by atoms with van der Waals surface area (Å²) in [6.07, 6.45) is 5.06. The number of carbonyl (C=O) groups is 1. The summed E-state index contributed by atoms with van der Waals surface area (Å²) >= 11 is 0. The molecule has 0 N–H and O–H groups in total. The molecule has 0 atom stereocenters. The van der Waals surface area contributed by atoms with Gasteiger partial charge in [0, 0.05) is 26.1 Å². The summed E-state index contributed by atoms with van der Waals surface area (Å²) in [7, 11) is 1.84. The minimum Gasteiger partial charge on any atom is -0.338 e. The summed E-state index contributed by atoms with van der Waals surface area (Å²) in [5.41, 5.74) is 0.742. The van der Waals surface area contributed by atoms with Crippen molar-refractivity contribution in [2.45, 2.75) is 45.7 Å². The summed E-state index contributed by atoms with van der Waals surface area (Å²) in [6.45, 7) is 4.97. The van der Waals surface area contributed by atoms with Crippen molar-refractivity contribution < 1.29 is 4.79 Å². The second-order valence-corrected chi connectivity index (χ2v) is 4.68. The Balaban J connectivity index is 2.27. The number of aromatic nitrogens is 2. The Morgan fingerprint density at radius 1 is 1.50 bits per heavy atom. The Hall–Kier alpha value is -1.32. The van der Waals surface area contributed by atoms with E-state index in [9.17, 15) is 4.79 Å². The number of hydrogen-bond acceptors (Lipinski definition) is 2. The lowest BCUT2D eigenvalue weighted by molar-refractivity contribution is 0.0742. The topological polar surface area (TPSA) is 38.1 Å². The van der Waals surface area contributed by atoms with E-state index in [1.54, 1.807) is 11.1 Å². The third kappa shape index (κ3) is 1.84. The first-order chi connectivity index (χ1) is 7.61. The zero-order chi connectivity index (χ0) is 11.7. The molecule has 0 radical (unpaired) electrons. The fraction of sp³-hybridized carbons (Fsp3) is 0.667. The minimum atomic E-state index is 0.0793. The molecule has 0 bridgehead atoms. The summed E-state index contributed by atoms with van der Waals surface area (Å²) in [5.74, 6) is 1.14. The van der Waals surface area contributed by atoms with Crippen molar-refractivity contribution in [3.63, 3.8) is 0 Å². The number of hydrogen-bond donors (Lipinski definition) is 0. The standard InChI is InChI=1S/C12H19N3O/c1-9(2)14(3)12(16)10-8-13-11-6-4-5-7-15(10)11/h8-9H,4-7H2,1-3H3. The highest BCUT2D eigenvalue weighted by Crippen LogP contribution is 2.17. The van der Waals surface area contributed by atoms with E-state index in [1.807, 2.05) is 20.9 Å². The van der Waals surface area contributed by atoms with Crippen LogP contribution in [-0.2, 0) is 13.0 Å². The number of imidazole rings is 1. The molecule has 0 saturated carbocycles. The van der Waals surface area contributed by atoms with Gasteiger partial charge in [-0.3, -0.25) is 4.79 Å². The quantitative estimate of drug-likeness (QED) is 0.762.